The van der Waals surface area contributed by atoms with E-state index < -0.39 is 0 Å². The van der Waals surface area contributed by atoms with Crippen LogP contribution in [0.25, 0.3) is 0 Å². The summed E-state index contributed by atoms with van der Waals surface area (Å²) in [5, 5.41) is 0. The summed E-state index contributed by atoms with van der Waals surface area (Å²) in [6.45, 7) is 2.29. The van der Waals surface area contributed by atoms with Crippen molar-refractivity contribution in [1.29, 1.82) is 0 Å². The molecular weight excluding hydrogens is 176 g/mol. The summed E-state index contributed by atoms with van der Waals surface area (Å²) in [6, 6.07) is 1.04. The van der Waals surface area contributed by atoms with Gasteiger partial charge in [-0.15, -0.1) is 0 Å². The SMILES string of the molecule is COC1CCCC1N1CCC[C@@H](N)C1. The van der Waals surface area contributed by atoms with Gasteiger partial charge in [-0.05, 0) is 38.6 Å². The number of rotatable bonds is 2. The zero-order valence-electron chi connectivity index (χ0n) is 9.11. The van der Waals surface area contributed by atoms with Crippen LogP contribution in [-0.4, -0.2) is 43.3 Å². The molecule has 14 heavy (non-hydrogen) atoms. The summed E-state index contributed by atoms with van der Waals surface area (Å²) in [6.07, 6.45) is 6.75. The van der Waals surface area contributed by atoms with Crippen LogP contribution >= 0.6 is 0 Å². The minimum atomic E-state index is 0.391. The van der Waals surface area contributed by atoms with Gasteiger partial charge in [0.1, 0.15) is 0 Å². The summed E-state index contributed by atoms with van der Waals surface area (Å²) in [4.78, 5) is 2.55. The van der Waals surface area contributed by atoms with Crippen molar-refractivity contribution in [2.24, 2.45) is 5.73 Å². The van der Waals surface area contributed by atoms with E-state index in [1.807, 2.05) is 7.11 Å². The minimum absolute atomic E-state index is 0.391. The Morgan fingerprint density at radius 1 is 1.21 bits per heavy atom. The van der Waals surface area contributed by atoms with Crippen molar-refractivity contribution < 1.29 is 4.74 Å². The number of hydrogen-bond donors (Lipinski definition) is 1. The Kier molecular flexibility index (Phi) is 3.42. The molecule has 0 aromatic heterocycles. The number of nitrogens with two attached hydrogens (primary N) is 1. The van der Waals surface area contributed by atoms with Gasteiger partial charge < -0.3 is 10.5 Å². The number of piperidine rings is 1. The molecule has 3 nitrogen and oxygen atoms in total. The van der Waals surface area contributed by atoms with Crippen LogP contribution in [0.5, 0.6) is 0 Å². The van der Waals surface area contributed by atoms with Gasteiger partial charge in [-0.25, -0.2) is 0 Å². The lowest BCUT2D eigenvalue weighted by molar-refractivity contribution is 0.0221. The highest BCUT2D eigenvalue weighted by molar-refractivity contribution is 4.89. The fraction of sp³-hybridized carbons (Fsp3) is 1.00. The highest BCUT2D eigenvalue weighted by Gasteiger charge is 2.33. The Morgan fingerprint density at radius 2 is 2.07 bits per heavy atom. The van der Waals surface area contributed by atoms with E-state index >= 15 is 0 Å². The number of ether oxygens (including phenoxy) is 1. The van der Waals surface area contributed by atoms with E-state index in [0.29, 0.717) is 18.2 Å². The van der Waals surface area contributed by atoms with Gasteiger partial charge in [0, 0.05) is 25.7 Å². The highest BCUT2D eigenvalue weighted by atomic mass is 16.5. The summed E-state index contributed by atoms with van der Waals surface area (Å²) in [5.74, 6) is 0. The van der Waals surface area contributed by atoms with Crippen molar-refractivity contribution in [3.8, 4) is 0 Å². The van der Waals surface area contributed by atoms with Crippen molar-refractivity contribution in [3.63, 3.8) is 0 Å². The number of hydrogen-bond acceptors (Lipinski definition) is 3. The Bertz CT molecular complexity index is 186. The first-order valence-corrected chi connectivity index (χ1v) is 5.83. The van der Waals surface area contributed by atoms with Gasteiger partial charge in [-0.3, -0.25) is 4.90 Å². The highest BCUT2D eigenvalue weighted by Crippen LogP contribution is 2.28. The van der Waals surface area contributed by atoms with Crippen LogP contribution in [-0.2, 0) is 4.74 Å². The third-order valence-electron chi connectivity index (χ3n) is 3.68. The second kappa shape index (κ2) is 4.60. The van der Waals surface area contributed by atoms with E-state index in [1.165, 1.54) is 38.6 Å². The summed E-state index contributed by atoms with van der Waals surface area (Å²) in [5.41, 5.74) is 6.00. The lowest BCUT2D eigenvalue weighted by atomic mass is 10.0. The molecule has 0 radical (unpaired) electrons. The molecule has 2 unspecified atom stereocenters. The topological polar surface area (TPSA) is 38.5 Å². The van der Waals surface area contributed by atoms with Crippen LogP contribution in [0.15, 0.2) is 0 Å². The van der Waals surface area contributed by atoms with Crippen molar-refractivity contribution in [3.05, 3.63) is 0 Å². The number of methoxy groups -OCH3 is 1. The predicted molar refractivity (Wildman–Crippen MR) is 57.2 cm³/mol. The molecule has 3 heteroatoms. The van der Waals surface area contributed by atoms with Crippen LogP contribution < -0.4 is 5.73 Å². The van der Waals surface area contributed by atoms with Gasteiger partial charge in [0.2, 0.25) is 0 Å². The lowest BCUT2D eigenvalue weighted by Crippen LogP contribution is -2.50. The number of nitrogens with zero attached hydrogens (tertiary/aromatic N) is 1. The van der Waals surface area contributed by atoms with Crippen LogP contribution in [0.3, 0.4) is 0 Å². The zero-order valence-corrected chi connectivity index (χ0v) is 9.11. The Hall–Kier alpha value is -0.120. The molecule has 2 N–H and O–H groups in total. The number of likely N-dealkylation sites (tertiary alicyclic amines) is 1. The molecular formula is C11H22N2O. The minimum Gasteiger partial charge on any atom is -0.380 e. The Balaban J connectivity index is 1.92. The second-order valence-corrected chi connectivity index (χ2v) is 4.67. The Morgan fingerprint density at radius 3 is 2.79 bits per heavy atom. The average molecular weight is 198 g/mol. The smallest absolute Gasteiger partial charge is 0.0726 e. The molecule has 0 aromatic carbocycles. The first kappa shape index (κ1) is 10.4. The molecule has 2 aliphatic rings. The fourth-order valence-electron chi connectivity index (χ4n) is 2.94. The monoisotopic (exact) mass is 198 g/mol. The standard InChI is InChI=1S/C11H22N2O/c1-14-11-6-2-5-10(11)13-7-3-4-9(12)8-13/h9-11H,2-8,12H2,1H3/t9-,10?,11?/m1/s1. The maximum Gasteiger partial charge on any atom is 0.0726 e. The molecule has 0 amide bonds. The van der Waals surface area contributed by atoms with Gasteiger partial charge >= 0.3 is 0 Å². The summed E-state index contributed by atoms with van der Waals surface area (Å²) < 4.78 is 5.53. The molecule has 82 valence electrons. The normalized spacial score (nSPS) is 40.3. The maximum atomic E-state index is 6.00. The molecule has 1 saturated heterocycles. The van der Waals surface area contributed by atoms with Gasteiger partial charge in [0.25, 0.3) is 0 Å². The molecule has 0 spiro atoms. The van der Waals surface area contributed by atoms with Crippen LogP contribution in [0.1, 0.15) is 32.1 Å². The van der Waals surface area contributed by atoms with Crippen molar-refractivity contribution in [2.45, 2.75) is 50.3 Å². The predicted octanol–water partition coefficient (Wildman–Crippen LogP) is 0.977. The second-order valence-electron chi connectivity index (χ2n) is 4.67. The van der Waals surface area contributed by atoms with Gasteiger partial charge in [-0.2, -0.15) is 0 Å². The van der Waals surface area contributed by atoms with E-state index in [-0.39, 0.29) is 0 Å². The van der Waals surface area contributed by atoms with Crippen LogP contribution in [0.4, 0.5) is 0 Å². The molecule has 1 aliphatic heterocycles. The molecule has 2 fully saturated rings. The maximum absolute atomic E-state index is 6.00. The first-order chi connectivity index (χ1) is 6.81. The van der Waals surface area contributed by atoms with E-state index in [2.05, 4.69) is 4.90 Å². The van der Waals surface area contributed by atoms with Crippen molar-refractivity contribution in [1.82, 2.24) is 4.90 Å². The first-order valence-electron chi connectivity index (χ1n) is 5.83. The molecule has 0 bridgehead atoms. The van der Waals surface area contributed by atoms with E-state index in [1.54, 1.807) is 0 Å². The van der Waals surface area contributed by atoms with E-state index in [0.717, 1.165) is 6.54 Å². The third-order valence-corrected chi connectivity index (χ3v) is 3.68. The molecule has 1 aliphatic carbocycles. The molecule has 3 atom stereocenters. The van der Waals surface area contributed by atoms with Gasteiger partial charge in [0.15, 0.2) is 0 Å². The van der Waals surface area contributed by atoms with Gasteiger partial charge in [-0.1, -0.05) is 0 Å². The fourth-order valence-corrected chi connectivity index (χ4v) is 2.94. The summed E-state index contributed by atoms with van der Waals surface area (Å²) in [7, 11) is 1.84. The van der Waals surface area contributed by atoms with Gasteiger partial charge in [0.05, 0.1) is 6.10 Å². The quantitative estimate of drug-likeness (QED) is 0.719. The van der Waals surface area contributed by atoms with E-state index in [9.17, 15) is 0 Å². The van der Waals surface area contributed by atoms with Crippen LogP contribution in [0, 0.1) is 0 Å². The molecule has 2 rings (SSSR count). The van der Waals surface area contributed by atoms with Crippen molar-refractivity contribution in [2.75, 3.05) is 20.2 Å². The molecule has 0 aromatic rings. The van der Waals surface area contributed by atoms with E-state index in [4.69, 9.17) is 10.5 Å². The third kappa shape index (κ3) is 2.10. The lowest BCUT2D eigenvalue weighted by Gasteiger charge is -2.37. The molecule has 1 heterocycles. The zero-order chi connectivity index (χ0) is 9.97. The Labute approximate surface area is 86.6 Å². The van der Waals surface area contributed by atoms with Crippen LogP contribution in [0.2, 0.25) is 0 Å². The summed E-state index contributed by atoms with van der Waals surface area (Å²) >= 11 is 0. The molecule has 1 saturated carbocycles. The van der Waals surface area contributed by atoms with Crippen molar-refractivity contribution >= 4 is 0 Å². The average Bonchev–Trinajstić information content (AvgIpc) is 2.65. The largest absolute Gasteiger partial charge is 0.380 e.